The van der Waals surface area contributed by atoms with Crippen molar-refractivity contribution in [3.63, 3.8) is 0 Å². The van der Waals surface area contributed by atoms with Crippen molar-refractivity contribution in [1.82, 2.24) is 10.6 Å². The molecule has 0 aliphatic carbocycles. The second kappa shape index (κ2) is 6.60. The highest BCUT2D eigenvalue weighted by Crippen LogP contribution is 2.25. The van der Waals surface area contributed by atoms with Crippen molar-refractivity contribution in [2.45, 2.75) is 6.04 Å². The molecule has 0 amide bonds. The van der Waals surface area contributed by atoms with E-state index in [-0.39, 0.29) is 6.04 Å². The van der Waals surface area contributed by atoms with Crippen LogP contribution >= 0.6 is 23.8 Å². The average Bonchev–Trinajstić information content (AvgIpc) is 2.55. The molecule has 23 heavy (non-hydrogen) atoms. The third kappa shape index (κ3) is 3.66. The van der Waals surface area contributed by atoms with Gasteiger partial charge in [0.1, 0.15) is 0 Å². The fourth-order valence-electron chi connectivity index (χ4n) is 2.51. The number of thiocarbonyl (C=S) groups is 1. The first-order valence-electron chi connectivity index (χ1n) is 7.35. The van der Waals surface area contributed by atoms with Crippen molar-refractivity contribution in [2.75, 3.05) is 19.0 Å². The summed E-state index contributed by atoms with van der Waals surface area (Å²) in [5.74, 6) is 0. The van der Waals surface area contributed by atoms with Gasteiger partial charge in [0, 0.05) is 30.5 Å². The minimum atomic E-state index is 0.0469. The van der Waals surface area contributed by atoms with Gasteiger partial charge in [-0.15, -0.1) is 0 Å². The van der Waals surface area contributed by atoms with Crippen molar-refractivity contribution < 1.29 is 0 Å². The fourth-order valence-corrected chi connectivity index (χ4v) is 2.87. The molecule has 1 aliphatic rings. The molecule has 2 aromatic carbocycles. The number of hydrogen-bond donors (Lipinski definition) is 2. The average molecular weight is 344 g/mol. The van der Waals surface area contributed by atoms with E-state index in [1.54, 1.807) is 0 Å². The van der Waals surface area contributed by atoms with Crippen LogP contribution in [0.15, 0.2) is 54.6 Å². The normalized spacial score (nSPS) is 17.1. The van der Waals surface area contributed by atoms with E-state index in [4.69, 9.17) is 23.8 Å². The van der Waals surface area contributed by atoms with Gasteiger partial charge >= 0.3 is 0 Å². The van der Waals surface area contributed by atoms with E-state index in [1.807, 2.05) is 38.4 Å². The standard InChI is InChI=1S/C18H18ClN3S/c1-22(2)15-9-5-13(6-10-15)17-11-16(20-18(23)21-17)12-3-7-14(19)8-4-12/h3-11,17H,1-2H3,(H2,20,21,23). The van der Waals surface area contributed by atoms with E-state index in [1.165, 1.54) is 11.3 Å². The van der Waals surface area contributed by atoms with Gasteiger partial charge in [-0.2, -0.15) is 0 Å². The monoisotopic (exact) mass is 343 g/mol. The van der Waals surface area contributed by atoms with E-state index in [0.29, 0.717) is 5.11 Å². The van der Waals surface area contributed by atoms with Crippen molar-refractivity contribution >= 4 is 40.3 Å². The summed E-state index contributed by atoms with van der Waals surface area (Å²) in [7, 11) is 4.07. The largest absolute Gasteiger partial charge is 0.378 e. The van der Waals surface area contributed by atoms with E-state index in [0.717, 1.165) is 16.3 Å². The number of hydrogen-bond acceptors (Lipinski definition) is 2. The molecule has 0 aromatic heterocycles. The Morgan fingerprint density at radius 3 is 2.26 bits per heavy atom. The van der Waals surface area contributed by atoms with Gasteiger partial charge in [0.25, 0.3) is 0 Å². The van der Waals surface area contributed by atoms with Crippen LogP contribution in [0.4, 0.5) is 5.69 Å². The highest BCUT2D eigenvalue weighted by molar-refractivity contribution is 7.80. The first kappa shape index (κ1) is 15.8. The third-order valence-corrected chi connectivity index (χ3v) is 4.26. The molecule has 1 unspecified atom stereocenters. The number of benzene rings is 2. The molecule has 2 aromatic rings. The molecule has 0 saturated heterocycles. The van der Waals surface area contributed by atoms with Crippen LogP contribution in [0.3, 0.4) is 0 Å². The van der Waals surface area contributed by atoms with Gasteiger partial charge in [0.2, 0.25) is 0 Å². The number of nitrogens with one attached hydrogen (secondary N) is 2. The zero-order valence-electron chi connectivity index (χ0n) is 13.0. The minimum absolute atomic E-state index is 0.0469. The van der Waals surface area contributed by atoms with Gasteiger partial charge in [-0.3, -0.25) is 0 Å². The van der Waals surface area contributed by atoms with Crippen LogP contribution < -0.4 is 15.5 Å². The molecule has 0 bridgehead atoms. The Hall–Kier alpha value is -2.04. The maximum absolute atomic E-state index is 5.96. The van der Waals surface area contributed by atoms with Crippen LogP contribution in [0.2, 0.25) is 5.02 Å². The Morgan fingerprint density at radius 2 is 1.65 bits per heavy atom. The van der Waals surface area contributed by atoms with Gasteiger partial charge in [-0.05, 0) is 53.7 Å². The Morgan fingerprint density at radius 1 is 1.00 bits per heavy atom. The van der Waals surface area contributed by atoms with Crippen molar-refractivity contribution in [3.8, 4) is 0 Å². The molecule has 5 heteroatoms. The lowest BCUT2D eigenvalue weighted by molar-refractivity contribution is 0.765. The Labute approximate surface area is 147 Å². The maximum atomic E-state index is 5.96. The predicted molar refractivity (Wildman–Crippen MR) is 102 cm³/mol. The quantitative estimate of drug-likeness (QED) is 0.825. The zero-order valence-corrected chi connectivity index (χ0v) is 14.6. The molecule has 0 fully saturated rings. The molecular formula is C18H18ClN3S. The van der Waals surface area contributed by atoms with E-state index in [2.05, 4.69) is 45.9 Å². The van der Waals surface area contributed by atoms with Gasteiger partial charge in [0.15, 0.2) is 5.11 Å². The Bertz CT molecular complexity index is 736. The van der Waals surface area contributed by atoms with Crippen molar-refractivity contribution in [2.24, 2.45) is 0 Å². The van der Waals surface area contributed by atoms with E-state index in [9.17, 15) is 0 Å². The molecule has 2 N–H and O–H groups in total. The number of nitrogens with zero attached hydrogens (tertiary/aromatic N) is 1. The lowest BCUT2D eigenvalue weighted by atomic mass is 10.0. The second-order valence-corrected chi connectivity index (χ2v) is 6.49. The van der Waals surface area contributed by atoms with Crippen LogP contribution in [0.25, 0.3) is 5.70 Å². The molecule has 0 saturated carbocycles. The SMILES string of the molecule is CN(C)c1ccc(C2C=C(c3ccc(Cl)cc3)NC(=S)N2)cc1. The summed E-state index contributed by atoms with van der Waals surface area (Å²) in [6.07, 6.45) is 2.14. The summed E-state index contributed by atoms with van der Waals surface area (Å²) >= 11 is 11.3. The summed E-state index contributed by atoms with van der Waals surface area (Å²) < 4.78 is 0. The van der Waals surface area contributed by atoms with E-state index < -0.39 is 0 Å². The van der Waals surface area contributed by atoms with E-state index >= 15 is 0 Å². The minimum Gasteiger partial charge on any atom is -0.378 e. The van der Waals surface area contributed by atoms with Crippen LogP contribution in [0, 0.1) is 0 Å². The van der Waals surface area contributed by atoms with Crippen LogP contribution in [0.5, 0.6) is 0 Å². The second-order valence-electron chi connectivity index (χ2n) is 5.65. The smallest absolute Gasteiger partial charge is 0.171 e. The molecule has 1 aliphatic heterocycles. The van der Waals surface area contributed by atoms with Gasteiger partial charge in [-0.25, -0.2) is 0 Å². The maximum Gasteiger partial charge on any atom is 0.171 e. The Balaban J connectivity index is 1.90. The zero-order chi connectivity index (χ0) is 16.4. The summed E-state index contributed by atoms with van der Waals surface area (Å²) in [5, 5.41) is 7.86. The van der Waals surface area contributed by atoms with Crippen molar-refractivity contribution in [1.29, 1.82) is 0 Å². The first-order valence-corrected chi connectivity index (χ1v) is 8.14. The third-order valence-electron chi connectivity index (χ3n) is 3.79. The molecule has 3 rings (SSSR count). The summed E-state index contributed by atoms with van der Waals surface area (Å²) in [4.78, 5) is 2.08. The molecular weight excluding hydrogens is 326 g/mol. The lowest BCUT2D eigenvalue weighted by Crippen LogP contribution is -2.40. The Kier molecular flexibility index (Phi) is 4.55. The molecule has 118 valence electrons. The number of halogens is 1. The molecule has 3 nitrogen and oxygen atoms in total. The molecule has 1 heterocycles. The van der Waals surface area contributed by atoms with Crippen molar-refractivity contribution in [3.05, 3.63) is 70.8 Å². The molecule has 1 atom stereocenters. The number of anilines is 1. The van der Waals surface area contributed by atoms with Gasteiger partial charge in [-0.1, -0.05) is 35.9 Å². The first-order chi connectivity index (χ1) is 11.0. The predicted octanol–water partition coefficient (Wildman–Crippen LogP) is 3.97. The van der Waals surface area contributed by atoms with Gasteiger partial charge in [0.05, 0.1) is 6.04 Å². The van der Waals surface area contributed by atoms with Gasteiger partial charge < -0.3 is 15.5 Å². The summed E-state index contributed by atoms with van der Waals surface area (Å²) in [5.41, 5.74) is 4.40. The molecule has 0 radical (unpaired) electrons. The fraction of sp³-hybridized carbons (Fsp3) is 0.167. The highest BCUT2D eigenvalue weighted by Gasteiger charge is 2.18. The highest BCUT2D eigenvalue weighted by atomic mass is 35.5. The van der Waals surface area contributed by atoms with Crippen LogP contribution in [-0.2, 0) is 0 Å². The topological polar surface area (TPSA) is 27.3 Å². The lowest BCUT2D eigenvalue weighted by Gasteiger charge is -2.26. The van der Waals surface area contributed by atoms with Crippen LogP contribution in [0.1, 0.15) is 17.2 Å². The molecule has 0 spiro atoms. The summed E-state index contributed by atoms with van der Waals surface area (Å²) in [6.45, 7) is 0. The van der Waals surface area contributed by atoms with Crippen LogP contribution in [-0.4, -0.2) is 19.2 Å². The summed E-state index contributed by atoms with van der Waals surface area (Å²) in [6, 6.07) is 16.2. The number of rotatable bonds is 3.